The van der Waals surface area contributed by atoms with E-state index in [1.807, 2.05) is 12.1 Å². The Kier molecular flexibility index (Phi) is 3.81. The predicted octanol–water partition coefficient (Wildman–Crippen LogP) is 3.95. The first-order valence-electron chi connectivity index (χ1n) is 7.32. The zero-order valence-corrected chi connectivity index (χ0v) is 11.4. The highest BCUT2D eigenvalue weighted by Crippen LogP contribution is 2.46. The van der Waals surface area contributed by atoms with E-state index in [2.05, 4.69) is 18.2 Å². The Morgan fingerprint density at radius 3 is 2.45 bits per heavy atom. The lowest BCUT2D eigenvalue weighted by molar-refractivity contribution is -0.104. The van der Waals surface area contributed by atoms with E-state index in [-0.39, 0.29) is 5.82 Å². The van der Waals surface area contributed by atoms with Crippen LogP contribution >= 0.6 is 0 Å². The van der Waals surface area contributed by atoms with Crippen LogP contribution in [0.5, 0.6) is 0 Å². The number of fused-ring (bicyclic) bond motifs is 2. The Bertz CT molecular complexity index is 529. The van der Waals surface area contributed by atoms with Crippen molar-refractivity contribution in [2.75, 3.05) is 0 Å². The van der Waals surface area contributed by atoms with Gasteiger partial charge in [0.2, 0.25) is 0 Å². The molecule has 2 unspecified atom stereocenters. The van der Waals surface area contributed by atoms with E-state index in [1.165, 1.54) is 30.5 Å². The van der Waals surface area contributed by atoms with Crippen molar-refractivity contribution in [2.24, 2.45) is 23.7 Å². The summed E-state index contributed by atoms with van der Waals surface area (Å²) in [6.07, 6.45) is 12.6. The van der Waals surface area contributed by atoms with E-state index in [9.17, 15) is 9.18 Å². The molecule has 0 aromatic heterocycles. The number of allylic oxidation sites excluding steroid dienone is 4. The molecule has 104 valence electrons. The molecule has 2 heteroatoms. The van der Waals surface area contributed by atoms with Crippen LogP contribution in [0.1, 0.15) is 18.4 Å². The summed E-state index contributed by atoms with van der Waals surface area (Å²) in [6, 6.07) is 6.81. The molecule has 0 aliphatic heterocycles. The molecule has 4 atom stereocenters. The van der Waals surface area contributed by atoms with Gasteiger partial charge >= 0.3 is 0 Å². The highest BCUT2D eigenvalue weighted by Gasteiger charge is 2.38. The van der Waals surface area contributed by atoms with Gasteiger partial charge in [0, 0.05) is 0 Å². The molecule has 1 fully saturated rings. The standard InChI is InChI=1S/C18H19FO/c19-16-9-3-13(4-10-16)12-18-15-7-5-14(6-8-15)17(18)2-1-11-20/h1-5,7,9-11,14-15,17-18H,6,8,12H2/b2-1+/t14-,15?,17?,18-/m0/s1. The number of carbonyl (C=O) groups excluding carboxylic acids is 1. The quantitative estimate of drug-likeness (QED) is 0.460. The van der Waals surface area contributed by atoms with Gasteiger partial charge in [-0.05, 0) is 66.7 Å². The van der Waals surface area contributed by atoms with Crippen LogP contribution < -0.4 is 0 Å². The number of hydrogen-bond donors (Lipinski definition) is 0. The zero-order valence-electron chi connectivity index (χ0n) is 11.4. The van der Waals surface area contributed by atoms with E-state index in [4.69, 9.17) is 0 Å². The van der Waals surface area contributed by atoms with Crippen LogP contribution in [-0.2, 0) is 11.2 Å². The molecule has 1 aromatic carbocycles. The highest BCUT2D eigenvalue weighted by atomic mass is 19.1. The van der Waals surface area contributed by atoms with Gasteiger partial charge in [-0.25, -0.2) is 4.39 Å². The smallest absolute Gasteiger partial charge is 0.142 e. The number of carbonyl (C=O) groups is 1. The van der Waals surface area contributed by atoms with Crippen LogP contribution in [0.15, 0.2) is 48.6 Å². The van der Waals surface area contributed by atoms with Crippen LogP contribution in [0.3, 0.4) is 0 Å². The fourth-order valence-electron chi connectivity index (χ4n) is 3.78. The van der Waals surface area contributed by atoms with Crippen molar-refractivity contribution in [2.45, 2.75) is 19.3 Å². The molecule has 3 aliphatic rings. The zero-order chi connectivity index (χ0) is 13.9. The van der Waals surface area contributed by atoms with Gasteiger partial charge in [0.25, 0.3) is 0 Å². The number of aldehydes is 1. The van der Waals surface area contributed by atoms with Gasteiger partial charge in [-0.2, -0.15) is 0 Å². The number of benzene rings is 1. The van der Waals surface area contributed by atoms with Crippen molar-refractivity contribution in [1.29, 1.82) is 0 Å². The molecule has 4 rings (SSSR count). The molecular weight excluding hydrogens is 251 g/mol. The molecular formula is C18H19FO. The summed E-state index contributed by atoms with van der Waals surface area (Å²) in [7, 11) is 0. The third kappa shape index (κ3) is 2.60. The van der Waals surface area contributed by atoms with E-state index < -0.39 is 0 Å². The maximum Gasteiger partial charge on any atom is 0.142 e. The summed E-state index contributed by atoms with van der Waals surface area (Å²) in [5.41, 5.74) is 1.18. The average molecular weight is 270 g/mol. The largest absolute Gasteiger partial charge is 0.299 e. The molecule has 1 saturated carbocycles. The lowest BCUT2D eigenvalue weighted by atomic mass is 9.61. The van der Waals surface area contributed by atoms with Gasteiger partial charge in [0.1, 0.15) is 12.1 Å². The molecule has 20 heavy (non-hydrogen) atoms. The van der Waals surface area contributed by atoms with Crippen molar-refractivity contribution < 1.29 is 9.18 Å². The molecule has 0 amide bonds. The molecule has 1 aromatic rings. The van der Waals surface area contributed by atoms with E-state index in [1.54, 1.807) is 6.08 Å². The predicted molar refractivity (Wildman–Crippen MR) is 77.6 cm³/mol. The van der Waals surface area contributed by atoms with Crippen molar-refractivity contribution in [1.82, 2.24) is 0 Å². The third-order valence-electron chi connectivity index (χ3n) is 4.77. The van der Waals surface area contributed by atoms with Crippen LogP contribution in [0.2, 0.25) is 0 Å². The Hall–Kier alpha value is -1.70. The fraction of sp³-hybridized carbons (Fsp3) is 0.389. The van der Waals surface area contributed by atoms with Gasteiger partial charge in [-0.1, -0.05) is 30.4 Å². The molecule has 0 radical (unpaired) electrons. The normalized spacial score (nSPS) is 31.9. The molecule has 3 aliphatic carbocycles. The van der Waals surface area contributed by atoms with Crippen molar-refractivity contribution >= 4 is 6.29 Å². The molecule has 0 heterocycles. The maximum atomic E-state index is 13.0. The molecule has 0 N–H and O–H groups in total. The topological polar surface area (TPSA) is 17.1 Å². The highest BCUT2D eigenvalue weighted by molar-refractivity contribution is 5.64. The lowest BCUT2D eigenvalue weighted by Gasteiger charge is -2.44. The Labute approximate surface area is 119 Å². The van der Waals surface area contributed by atoms with Crippen LogP contribution in [0.25, 0.3) is 0 Å². The van der Waals surface area contributed by atoms with Crippen molar-refractivity contribution in [3.63, 3.8) is 0 Å². The van der Waals surface area contributed by atoms with E-state index in [0.717, 1.165) is 12.7 Å². The summed E-state index contributed by atoms with van der Waals surface area (Å²) in [4.78, 5) is 10.6. The summed E-state index contributed by atoms with van der Waals surface area (Å²) < 4.78 is 13.0. The minimum absolute atomic E-state index is 0.184. The number of rotatable bonds is 4. The van der Waals surface area contributed by atoms with Crippen LogP contribution in [0.4, 0.5) is 4.39 Å². The van der Waals surface area contributed by atoms with Gasteiger partial charge in [-0.15, -0.1) is 0 Å². The summed E-state index contributed by atoms with van der Waals surface area (Å²) in [5, 5.41) is 0. The first kappa shape index (κ1) is 13.3. The van der Waals surface area contributed by atoms with E-state index in [0.29, 0.717) is 23.7 Å². The first-order chi connectivity index (χ1) is 9.78. The van der Waals surface area contributed by atoms with Gasteiger partial charge in [0.05, 0.1) is 0 Å². The van der Waals surface area contributed by atoms with Crippen LogP contribution in [0, 0.1) is 29.5 Å². The number of hydrogen-bond acceptors (Lipinski definition) is 1. The second-order valence-corrected chi connectivity index (χ2v) is 5.88. The first-order valence-corrected chi connectivity index (χ1v) is 7.32. The second kappa shape index (κ2) is 5.74. The monoisotopic (exact) mass is 270 g/mol. The van der Waals surface area contributed by atoms with E-state index >= 15 is 0 Å². The molecule has 2 bridgehead atoms. The van der Waals surface area contributed by atoms with Gasteiger partial charge in [0.15, 0.2) is 0 Å². The van der Waals surface area contributed by atoms with Crippen molar-refractivity contribution in [3.8, 4) is 0 Å². The molecule has 1 nitrogen and oxygen atoms in total. The molecule has 0 spiro atoms. The fourth-order valence-corrected chi connectivity index (χ4v) is 3.78. The molecule has 0 saturated heterocycles. The summed E-state index contributed by atoms with van der Waals surface area (Å²) >= 11 is 0. The van der Waals surface area contributed by atoms with Gasteiger partial charge in [-0.3, -0.25) is 4.79 Å². The second-order valence-electron chi connectivity index (χ2n) is 5.88. The van der Waals surface area contributed by atoms with Gasteiger partial charge < -0.3 is 0 Å². The minimum atomic E-state index is -0.184. The Morgan fingerprint density at radius 2 is 1.80 bits per heavy atom. The lowest BCUT2D eigenvalue weighted by Crippen LogP contribution is -2.37. The summed E-state index contributed by atoms with van der Waals surface area (Å²) in [6.45, 7) is 0. The average Bonchev–Trinajstić information content (AvgIpc) is 2.49. The Balaban J connectivity index is 1.81. The number of halogens is 1. The van der Waals surface area contributed by atoms with Crippen molar-refractivity contribution in [3.05, 3.63) is 60.0 Å². The SMILES string of the molecule is O=C/C=C/C1[C@@H](Cc2ccc(F)cc2)C2C=C[C@H]1CC2. The third-order valence-corrected chi connectivity index (χ3v) is 4.77. The Morgan fingerprint density at radius 1 is 1.10 bits per heavy atom. The van der Waals surface area contributed by atoms with Crippen LogP contribution in [-0.4, -0.2) is 6.29 Å². The maximum absolute atomic E-state index is 13.0. The summed E-state index contributed by atoms with van der Waals surface area (Å²) in [5.74, 6) is 1.93. The minimum Gasteiger partial charge on any atom is -0.299 e.